The first kappa shape index (κ1) is 22.5. The van der Waals surface area contributed by atoms with Crippen molar-refractivity contribution in [2.45, 2.75) is 26.7 Å². The van der Waals surface area contributed by atoms with Crippen LogP contribution in [0.25, 0.3) is 0 Å². The summed E-state index contributed by atoms with van der Waals surface area (Å²) in [4.78, 5) is 9.04. The number of rotatable bonds is 9. The van der Waals surface area contributed by atoms with Crippen molar-refractivity contribution < 1.29 is 0 Å². The van der Waals surface area contributed by atoms with Gasteiger partial charge in [-0.05, 0) is 67.6 Å². The molecule has 164 valence electrons. The molecule has 1 aromatic rings. The van der Waals surface area contributed by atoms with Crippen LogP contribution in [0.15, 0.2) is 47.9 Å². The number of piperazine rings is 1. The molecular weight excluding hydrogens is 372 g/mol. The Morgan fingerprint density at radius 2 is 2.13 bits per heavy atom. The minimum absolute atomic E-state index is 0.296. The minimum Gasteiger partial charge on any atom is -0.356 e. The van der Waals surface area contributed by atoms with Crippen LogP contribution in [-0.2, 0) is 6.42 Å². The Morgan fingerprint density at radius 3 is 2.80 bits per heavy atom. The second-order valence-electron chi connectivity index (χ2n) is 8.83. The van der Waals surface area contributed by atoms with E-state index < -0.39 is 0 Å². The number of benzene rings is 1. The van der Waals surface area contributed by atoms with Gasteiger partial charge in [0, 0.05) is 57.4 Å². The van der Waals surface area contributed by atoms with Crippen molar-refractivity contribution in [3.05, 3.63) is 54.0 Å². The van der Waals surface area contributed by atoms with Crippen molar-refractivity contribution in [2.24, 2.45) is 16.1 Å². The number of allylic oxidation sites excluding steroid dienone is 1. The van der Waals surface area contributed by atoms with Crippen LogP contribution in [0.3, 0.4) is 0 Å². The summed E-state index contributed by atoms with van der Waals surface area (Å²) >= 11 is 0. The fraction of sp³-hybridized carbons (Fsp3) is 0.542. The Hall–Kier alpha value is -2.15. The van der Waals surface area contributed by atoms with E-state index in [2.05, 4.69) is 64.1 Å². The highest BCUT2D eigenvalue weighted by molar-refractivity contribution is 5.73. The molecule has 2 saturated heterocycles. The van der Waals surface area contributed by atoms with E-state index >= 15 is 0 Å². The molecule has 2 fully saturated rings. The first-order valence-corrected chi connectivity index (χ1v) is 11.1. The smallest absolute Gasteiger partial charge is 0.107 e. The summed E-state index contributed by atoms with van der Waals surface area (Å²) in [6.07, 6.45) is 7.67. The number of nitrogens with one attached hydrogen (secondary N) is 2. The number of likely N-dealkylation sites (tertiary alicyclic amines) is 1. The summed E-state index contributed by atoms with van der Waals surface area (Å²) < 4.78 is 0. The largest absolute Gasteiger partial charge is 0.356 e. The molecule has 2 aliphatic heterocycles. The van der Waals surface area contributed by atoms with Crippen molar-refractivity contribution >= 4 is 11.9 Å². The fourth-order valence-corrected chi connectivity index (χ4v) is 4.27. The maximum absolute atomic E-state index is 5.95. The minimum atomic E-state index is 0.296. The molecule has 0 aromatic heterocycles. The standard InChI is InChI=1S/C24H38N6/c1-4-26-10-7-23(30-15-11-27-12-16-30)28-22-6-5-21(20(2)17-22)8-13-29-14-9-24(3,18-25)19-29/h4-7,10,17,27-28H,1,8-9,11-16,18-19,25H2,2-3H3/b23-7+,26-10?. The van der Waals surface area contributed by atoms with Gasteiger partial charge in [-0.25, -0.2) is 0 Å². The van der Waals surface area contributed by atoms with Gasteiger partial charge in [-0.3, -0.25) is 4.99 Å². The lowest BCUT2D eigenvalue weighted by molar-refractivity contribution is 0.283. The zero-order chi connectivity index (χ0) is 21.4. The normalized spacial score (nSPS) is 23.3. The lowest BCUT2D eigenvalue weighted by atomic mass is 9.90. The Bertz CT molecular complexity index is 765. The molecule has 2 heterocycles. The van der Waals surface area contributed by atoms with Crippen LogP contribution in [0, 0.1) is 12.3 Å². The van der Waals surface area contributed by atoms with E-state index in [0.717, 1.165) is 70.3 Å². The van der Waals surface area contributed by atoms with Crippen LogP contribution in [0.5, 0.6) is 0 Å². The second-order valence-corrected chi connectivity index (χ2v) is 8.83. The lowest BCUT2D eigenvalue weighted by Gasteiger charge is -2.32. The molecule has 0 aliphatic carbocycles. The highest BCUT2D eigenvalue weighted by atomic mass is 15.3. The highest BCUT2D eigenvalue weighted by Crippen LogP contribution is 2.28. The Balaban J connectivity index is 1.62. The molecule has 6 heteroatoms. The predicted octanol–water partition coefficient (Wildman–Crippen LogP) is 2.58. The van der Waals surface area contributed by atoms with E-state index in [1.165, 1.54) is 17.5 Å². The van der Waals surface area contributed by atoms with Crippen LogP contribution >= 0.6 is 0 Å². The van der Waals surface area contributed by atoms with Crippen molar-refractivity contribution in [2.75, 3.05) is 57.7 Å². The third kappa shape index (κ3) is 6.17. The monoisotopic (exact) mass is 410 g/mol. The van der Waals surface area contributed by atoms with Crippen molar-refractivity contribution in [3.63, 3.8) is 0 Å². The molecule has 1 aromatic carbocycles. The number of nitrogens with two attached hydrogens (primary N) is 1. The van der Waals surface area contributed by atoms with Gasteiger partial charge in [0.15, 0.2) is 0 Å². The summed E-state index contributed by atoms with van der Waals surface area (Å²) in [6, 6.07) is 6.71. The molecule has 6 nitrogen and oxygen atoms in total. The van der Waals surface area contributed by atoms with Crippen molar-refractivity contribution in [1.29, 1.82) is 0 Å². The van der Waals surface area contributed by atoms with Crippen LogP contribution in [0.1, 0.15) is 24.5 Å². The van der Waals surface area contributed by atoms with Gasteiger partial charge in [0.25, 0.3) is 0 Å². The van der Waals surface area contributed by atoms with Crippen molar-refractivity contribution in [3.8, 4) is 0 Å². The maximum Gasteiger partial charge on any atom is 0.107 e. The van der Waals surface area contributed by atoms with E-state index in [4.69, 9.17) is 5.73 Å². The summed E-state index contributed by atoms with van der Waals surface area (Å²) in [5.41, 5.74) is 10.1. The Kier molecular flexibility index (Phi) is 8.08. The topological polar surface area (TPSA) is 68.9 Å². The first-order chi connectivity index (χ1) is 14.5. The molecule has 3 rings (SSSR count). The Morgan fingerprint density at radius 1 is 1.33 bits per heavy atom. The summed E-state index contributed by atoms with van der Waals surface area (Å²) in [7, 11) is 0. The SMILES string of the molecule is C=CN=C/C=C(\Nc1ccc(CCN2CCC(C)(CN)C2)c(C)c1)N1CCNCC1. The zero-order valence-electron chi connectivity index (χ0n) is 18.7. The summed E-state index contributed by atoms with van der Waals surface area (Å²) in [5.74, 6) is 1.08. The third-order valence-electron chi connectivity index (χ3n) is 6.32. The maximum atomic E-state index is 5.95. The van der Waals surface area contributed by atoms with Crippen LogP contribution < -0.4 is 16.4 Å². The van der Waals surface area contributed by atoms with E-state index in [9.17, 15) is 0 Å². The number of hydrogen-bond acceptors (Lipinski definition) is 6. The van der Waals surface area contributed by atoms with Gasteiger partial charge in [0.2, 0.25) is 0 Å². The molecule has 0 bridgehead atoms. The molecule has 0 amide bonds. The van der Waals surface area contributed by atoms with Gasteiger partial charge < -0.3 is 26.2 Å². The van der Waals surface area contributed by atoms with Crippen LogP contribution in [0.2, 0.25) is 0 Å². The molecule has 0 radical (unpaired) electrons. The third-order valence-corrected chi connectivity index (χ3v) is 6.32. The molecule has 2 aliphatic rings. The average molecular weight is 411 g/mol. The number of aryl methyl sites for hydroxylation is 1. The van der Waals surface area contributed by atoms with Gasteiger partial charge in [0.05, 0.1) is 0 Å². The zero-order valence-corrected chi connectivity index (χ0v) is 18.7. The molecule has 30 heavy (non-hydrogen) atoms. The van der Waals surface area contributed by atoms with E-state index in [-0.39, 0.29) is 0 Å². The predicted molar refractivity (Wildman–Crippen MR) is 128 cm³/mol. The number of nitrogens with zero attached hydrogens (tertiary/aromatic N) is 3. The summed E-state index contributed by atoms with van der Waals surface area (Å²) in [5, 5.41) is 7.01. The van der Waals surface area contributed by atoms with Gasteiger partial charge in [-0.2, -0.15) is 0 Å². The van der Waals surface area contributed by atoms with Crippen molar-refractivity contribution in [1.82, 2.24) is 15.1 Å². The quantitative estimate of drug-likeness (QED) is 0.546. The van der Waals surface area contributed by atoms with Crippen LogP contribution in [0.4, 0.5) is 5.69 Å². The number of hydrogen-bond donors (Lipinski definition) is 3. The van der Waals surface area contributed by atoms with E-state index in [0.29, 0.717) is 5.41 Å². The second kappa shape index (κ2) is 10.8. The summed E-state index contributed by atoms with van der Waals surface area (Å²) in [6.45, 7) is 16.3. The first-order valence-electron chi connectivity index (χ1n) is 11.1. The molecule has 1 atom stereocenters. The van der Waals surface area contributed by atoms with Gasteiger partial charge in [-0.15, -0.1) is 0 Å². The van der Waals surface area contributed by atoms with Gasteiger partial charge in [-0.1, -0.05) is 19.6 Å². The van der Waals surface area contributed by atoms with E-state index in [1.54, 1.807) is 12.4 Å². The number of aliphatic imine (C=N–C) groups is 1. The molecule has 4 N–H and O–H groups in total. The molecule has 1 unspecified atom stereocenters. The lowest BCUT2D eigenvalue weighted by Crippen LogP contribution is -2.44. The molecular formula is C24H38N6. The van der Waals surface area contributed by atoms with E-state index in [1.807, 2.05) is 6.08 Å². The molecule has 0 saturated carbocycles. The molecule has 0 spiro atoms. The highest BCUT2D eigenvalue weighted by Gasteiger charge is 2.31. The number of anilines is 1. The Labute approximate surface area is 181 Å². The van der Waals surface area contributed by atoms with Crippen LogP contribution in [-0.4, -0.2) is 68.4 Å². The fourth-order valence-electron chi connectivity index (χ4n) is 4.27. The average Bonchev–Trinajstić information content (AvgIpc) is 3.15. The van der Waals surface area contributed by atoms with Gasteiger partial charge >= 0.3 is 0 Å². The van der Waals surface area contributed by atoms with Gasteiger partial charge in [0.1, 0.15) is 5.82 Å².